The lowest BCUT2D eigenvalue weighted by Gasteiger charge is -2.14. The molecule has 0 N–H and O–H groups in total. The lowest BCUT2D eigenvalue weighted by molar-refractivity contribution is 0.670. The molecule has 8 aromatic carbocycles. The Morgan fingerprint density at radius 1 is 0.368 bits per heavy atom. The van der Waals surface area contributed by atoms with E-state index in [0.717, 1.165) is 93.5 Å². The van der Waals surface area contributed by atoms with E-state index >= 15 is 0 Å². The van der Waals surface area contributed by atoms with Crippen molar-refractivity contribution in [2.45, 2.75) is 0 Å². The van der Waals surface area contributed by atoms with Crippen LogP contribution in [0.3, 0.4) is 0 Å². The Hall–Kier alpha value is -7.83. The van der Waals surface area contributed by atoms with Crippen LogP contribution >= 0.6 is 0 Å². The van der Waals surface area contributed by atoms with E-state index in [2.05, 4.69) is 179 Å². The molecule has 6 nitrogen and oxygen atoms in total. The van der Waals surface area contributed by atoms with Gasteiger partial charge in [0.2, 0.25) is 5.95 Å². The molecule has 0 aliphatic carbocycles. The molecule has 0 spiro atoms. The van der Waals surface area contributed by atoms with E-state index in [4.69, 9.17) is 19.4 Å². The highest BCUT2D eigenvalue weighted by atomic mass is 16.3. The Morgan fingerprint density at radius 3 is 1.75 bits per heavy atom. The van der Waals surface area contributed by atoms with Crippen molar-refractivity contribution in [1.29, 1.82) is 0 Å². The summed E-state index contributed by atoms with van der Waals surface area (Å²) < 4.78 is 11.2. The SMILES string of the molecule is c1ccc(-c2ccccc2-c2nc(-c3cccc4c3c3ccccc3n4-c3ccccc3)nc(-n3c4ccccc4c4ccc5c6ccccc6oc5c43)n2)cc1. The summed E-state index contributed by atoms with van der Waals surface area (Å²) in [6, 6.07) is 65.4. The third-order valence-electron chi connectivity index (χ3n) is 11.2. The summed E-state index contributed by atoms with van der Waals surface area (Å²) in [5, 5.41) is 6.49. The molecule has 12 rings (SSSR count). The average Bonchev–Trinajstić information content (AvgIpc) is 3.95. The Balaban J connectivity index is 1.22. The number of hydrogen-bond donors (Lipinski definition) is 0. The number of para-hydroxylation sites is 4. The minimum atomic E-state index is 0.515. The van der Waals surface area contributed by atoms with Crippen molar-refractivity contribution in [3.05, 3.63) is 188 Å². The molecule has 6 heteroatoms. The number of rotatable bonds is 5. The van der Waals surface area contributed by atoms with Gasteiger partial charge in [-0.2, -0.15) is 9.97 Å². The largest absolute Gasteiger partial charge is 0.454 e. The van der Waals surface area contributed by atoms with E-state index in [9.17, 15) is 0 Å². The molecule has 266 valence electrons. The molecule has 0 fully saturated rings. The van der Waals surface area contributed by atoms with Gasteiger partial charge in [0.25, 0.3) is 0 Å². The second-order valence-electron chi connectivity index (χ2n) is 14.4. The highest BCUT2D eigenvalue weighted by Gasteiger charge is 2.24. The standard InChI is InChI=1S/C51H31N5O/c1-3-16-32(17-4-1)34-20-7-8-23-39(34)49-52-50(41-25-15-28-44-46(41)40-24-10-13-27-43(40)55(44)33-18-5-2-6-19-33)54-51(53-49)56-42-26-12-9-21-35(42)37-30-31-38-36-22-11-14-29-45(36)57-48(38)47(37)56/h1-31H. The first-order valence-corrected chi connectivity index (χ1v) is 19.1. The quantitative estimate of drug-likeness (QED) is 0.177. The number of benzene rings is 8. The van der Waals surface area contributed by atoms with Gasteiger partial charge in [-0.3, -0.25) is 4.57 Å². The van der Waals surface area contributed by atoms with Crippen molar-refractivity contribution in [2.75, 3.05) is 0 Å². The molecule has 57 heavy (non-hydrogen) atoms. The molecular formula is C51H31N5O. The molecule has 0 saturated carbocycles. The van der Waals surface area contributed by atoms with Crippen molar-refractivity contribution in [2.24, 2.45) is 0 Å². The molecule has 0 radical (unpaired) electrons. The monoisotopic (exact) mass is 729 g/mol. The van der Waals surface area contributed by atoms with E-state index in [0.29, 0.717) is 17.6 Å². The van der Waals surface area contributed by atoms with Crippen LogP contribution < -0.4 is 0 Å². The fourth-order valence-electron chi connectivity index (χ4n) is 8.75. The van der Waals surface area contributed by atoms with Crippen molar-refractivity contribution in [3.8, 4) is 45.5 Å². The van der Waals surface area contributed by atoms with Crippen LogP contribution in [-0.4, -0.2) is 24.1 Å². The summed E-state index contributed by atoms with van der Waals surface area (Å²) in [5.74, 6) is 1.68. The molecule has 0 saturated heterocycles. The first-order chi connectivity index (χ1) is 28.3. The Bertz CT molecular complexity index is 3520. The number of nitrogens with zero attached hydrogens (tertiary/aromatic N) is 5. The van der Waals surface area contributed by atoms with Crippen molar-refractivity contribution < 1.29 is 4.42 Å². The highest BCUT2D eigenvalue weighted by molar-refractivity contribution is 6.21. The van der Waals surface area contributed by atoms with Gasteiger partial charge in [-0.1, -0.05) is 146 Å². The first-order valence-electron chi connectivity index (χ1n) is 19.1. The van der Waals surface area contributed by atoms with Crippen molar-refractivity contribution >= 4 is 65.6 Å². The van der Waals surface area contributed by atoms with Crippen LogP contribution in [0.15, 0.2) is 192 Å². The van der Waals surface area contributed by atoms with Gasteiger partial charge in [-0.05, 0) is 53.6 Å². The Morgan fingerprint density at radius 2 is 0.947 bits per heavy atom. The second kappa shape index (κ2) is 12.3. The topological polar surface area (TPSA) is 61.7 Å². The fourth-order valence-corrected chi connectivity index (χ4v) is 8.75. The fraction of sp³-hybridized carbons (Fsp3) is 0. The maximum absolute atomic E-state index is 6.72. The minimum Gasteiger partial charge on any atom is -0.454 e. The normalized spacial score (nSPS) is 11.9. The zero-order valence-corrected chi connectivity index (χ0v) is 30.5. The highest BCUT2D eigenvalue weighted by Crippen LogP contribution is 2.42. The van der Waals surface area contributed by atoms with Gasteiger partial charge in [-0.15, -0.1) is 0 Å². The molecule has 4 aromatic heterocycles. The molecule has 0 atom stereocenters. The molecular weight excluding hydrogens is 699 g/mol. The van der Waals surface area contributed by atoms with Gasteiger partial charge < -0.3 is 8.98 Å². The molecule has 12 aromatic rings. The first kappa shape index (κ1) is 31.5. The van der Waals surface area contributed by atoms with Crippen LogP contribution in [0.25, 0.3) is 111 Å². The minimum absolute atomic E-state index is 0.515. The van der Waals surface area contributed by atoms with Gasteiger partial charge in [0.15, 0.2) is 17.2 Å². The predicted octanol–water partition coefficient (Wildman–Crippen LogP) is 13.0. The third kappa shape index (κ3) is 4.74. The third-order valence-corrected chi connectivity index (χ3v) is 11.2. The Kier molecular flexibility index (Phi) is 6.83. The number of aromatic nitrogens is 5. The average molecular weight is 730 g/mol. The second-order valence-corrected chi connectivity index (χ2v) is 14.4. The number of fused-ring (bicyclic) bond motifs is 10. The zero-order chi connectivity index (χ0) is 37.5. The zero-order valence-electron chi connectivity index (χ0n) is 30.5. The van der Waals surface area contributed by atoms with Gasteiger partial charge in [0.1, 0.15) is 11.1 Å². The van der Waals surface area contributed by atoms with Crippen LogP contribution in [-0.2, 0) is 0 Å². The Labute approximate surface area is 326 Å². The van der Waals surface area contributed by atoms with Crippen LogP contribution in [0.5, 0.6) is 0 Å². The van der Waals surface area contributed by atoms with Gasteiger partial charge >= 0.3 is 0 Å². The van der Waals surface area contributed by atoms with Crippen molar-refractivity contribution in [3.63, 3.8) is 0 Å². The summed E-state index contributed by atoms with van der Waals surface area (Å²) in [7, 11) is 0. The van der Waals surface area contributed by atoms with Crippen molar-refractivity contribution in [1.82, 2.24) is 24.1 Å². The summed E-state index contributed by atoms with van der Waals surface area (Å²) in [6.07, 6.45) is 0. The smallest absolute Gasteiger partial charge is 0.238 e. The molecule has 0 amide bonds. The number of furan rings is 1. The van der Waals surface area contributed by atoms with E-state index in [1.807, 2.05) is 18.2 Å². The van der Waals surface area contributed by atoms with Gasteiger partial charge in [0.05, 0.1) is 16.6 Å². The lowest BCUT2D eigenvalue weighted by Crippen LogP contribution is -2.07. The predicted molar refractivity (Wildman–Crippen MR) is 232 cm³/mol. The lowest BCUT2D eigenvalue weighted by atomic mass is 9.99. The summed E-state index contributed by atoms with van der Waals surface area (Å²) in [5.41, 5.74) is 10.8. The summed E-state index contributed by atoms with van der Waals surface area (Å²) >= 11 is 0. The molecule has 0 unspecified atom stereocenters. The number of hydrogen-bond acceptors (Lipinski definition) is 4. The van der Waals surface area contributed by atoms with Gasteiger partial charge in [0, 0.05) is 49.1 Å². The molecule has 0 aliphatic rings. The van der Waals surface area contributed by atoms with Crippen LogP contribution in [0.4, 0.5) is 0 Å². The summed E-state index contributed by atoms with van der Waals surface area (Å²) in [6.45, 7) is 0. The van der Waals surface area contributed by atoms with Crippen LogP contribution in [0.2, 0.25) is 0 Å². The molecule has 4 heterocycles. The van der Waals surface area contributed by atoms with E-state index in [1.165, 1.54) is 0 Å². The van der Waals surface area contributed by atoms with E-state index in [1.54, 1.807) is 0 Å². The van der Waals surface area contributed by atoms with Crippen LogP contribution in [0, 0.1) is 0 Å². The van der Waals surface area contributed by atoms with Gasteiger partial charge in [-0.25, -0.2) is 4.98 Å². The van der Waals surface area contributed by atoms with E-state index in [-0.39, 0.29) is 0 Å². The maximum atomic E-state index is 6.72. The summed E-state index contributed by atoms with van der Waals surface area (Å²) in [4.78, 5) is 16.3. The molecule has 0 bridgehead atoms. The molecule has 0 aliphatic heterocycles. The maximum Gasteiger partial charge on any atom is 0.238 e. The van der Waals surface area contributed by atoms with E-state index < -0.39 is 0 Å². The van der Waals surface area contributed by atoms with Crippen LogP contribution in [0.1, 0.15) is 0 Å².